The van der Waals surface area contributed by atoms with Crippen LogP contribution in [-0.2, 0) is 17.9 Å². The summed E-state index contributed by atoms with van der Waals surface area (Å²) in [5.41, 5.74) is 1.46. The van der Waals surface area contributed by atoms with Gasteiger partial charge in [-0.2, -0.15) is 0 Å². The zero-order valence-corrected chi connectivity index (χ0v) is 16.2. The first-order chi connectivity index (χ1) is 12.4. The fraction of sp³-hybridized carbons (Fsp3) is 0.400. The Morgan fingerprint density at radius 1 is 1.23 bits per heavy atom. The van der Waals surface area contributed by atoms with Crippen molar-refractivity contribution in [2.24, 2.45) is 5.92 Å². The van der Waals surface area contributed by atoms with Crippen molar-refractivity contribution in [2.75, 3.05) is 6.61 Å². The minimum absolute atomic E-state index is 0.197. The molecule has 1 heterocycles. The lowest BCUT2D eigenvalue weighted by atomic mass is 10.1. The summed E-state index contributed by atoms with van der Waals surface area (Å²) in [5, 5.41) is 3.42. The minimum Gasteiger partial charge on any atom is -0.478 e. The predicted molar refractivity (Wildman–Crippen MR) is 104 cm³/mol. The molecule has 0 aliphatic heterocycles. The number of carbonyl (C=O) groups is 1. The van der Waals surface area contributed by atoms with Gasteiger partial charge in [-0.1, -0.05) is 37.6 Å². The molecule has 1 aromatic carbocycles. The van der Waals surface area contributed by atoms with Crippen LogP contribution in [-0.4, -0.2) is 17.1 Å². The number of rotatable bonds is 8. The Balaban J connectivity index is 1.93. The number of ether oxygens (including phenoxy) is 1. The molecule has 140 valence electrons. The highest BCUT2D eigenvalue weighted by molar-refractivity contribution is 6.30. The Bertz CT molecular complexity index is 798. The molecule has 1 aromatic heterocycles. The summed E-state index contributed by atoms with van der Waals surface area (Å²) in [6.45, 7) is 7.13. The molecule has 1 amide bonds. The quantitative estimate of drug-likeness (QED) is 0.766. The van der Waals surface area contributed by atoms with Gasteiger partial charge in [0.1, 0.15) is 0 Å². The van der Waals surface area contributed by atoms with Crippen molar-refractivity contribution in [3.8, 4) is 5.75 Å². The molecule has 6 heteroatoms. The number of hydrogen-bond donors (Lipinski definition) is 1. The Morgan fingerprint density at radius 3 is 2.58 bits per heavy atom. The van der Waals surface area contributed by atoms with Crippen LogP contribution in [0, 0.1) is 12.8 Å². The summed E-state index contributed by atoms with van der Waals surface area (Å²) in [5.74, 6) is 0.520. The number of benzene rings is 1. The van der Waals surface area contributed by atoms with Crippen LogP contribution in [0.3, 0.4) is 0 Å². The van der Waals surface area contributed by atoms with Crippen molar-refractivity contribution in [1.82, 2.24) is 9.88 Å². The molecular formula is C20H25ClN2O3. The molecule has 0 spiro atoms. The van der Waals surface area contributed by atoms with Crippen LogP contribution in [0.1, 0.15) is 31.5 Å². The van der Waals surface area contributed by atoms with Crippen molar-refractivity contribution in [2.45, 2.75) is 40.3 Å². The lowest BCUT2D eigenvalue weighted by Gasteiger charge is -2.15. The van der Waals surface area contributed by atoms with E-state index in [1.807, 2.05) is 23.6 Å². The number of nitrogens with zero attached hydrogens (tertiary/aromatic N) is 1. The molecule has 1 N–H and O–H groups in total. The molecule has 0 fully saturated rings. The van der Waals surface area contributed by atoms with E-state index in [4.69, 9.17) is 16.3 Å². The zero-order valence-electron chi connectivity index (χ0n) is 15.4. The SMILES string of the molecule is Cc1c(OCC(=O)NCc2ccc(Cl)cc2)c(=O)ccn1CCC(C)C. The molecule has 0 atom stereocenters. The normalized spacial score (nSPS) is 10.8. The summed E-state index contributed by atoms with van der Waals surface area (Å²) < 4.78 is 7.51. The largest absolute Gasteiger partial charge is 0.478 e. The number of aryl methyl sites for hydroxylation is 1. The van der Waals surface area contributed by atoms with Crippen LogP contribution in [0.2, 0.25) is 5.02 Å². The van der Waals surface area contributed by atoms with E-state index in [9.17, 15) is 9.59 Å². The van der Waals surface area contributed by atoms with Gasteiger partial charge in [-0.3, -0.25) is 9.59 Å². The molecular weight excluding hydrogens is 352 g/mol. The van der Waals surface area contributed by atoms with Crippen molar-refractivity contribution >= 4 is 17.5 Å². The predicted octanol–water partition coefficient (Wildman–Crippen LogP) is 3.55. The van der Waals surface area contributed by atoms with Gasteiger partial charge in [-0.15, -0.1) is 0 Å². The summed E-state index contributed by atoms with van der Waals surface area (Å²) in [6, 6.07) is 8.71. The van der Waals surface area contributed by atoms with Crippen molar-refractivity contribution in [1.29, 1.82) is 0 Å². The molecule has 0 aliphatic rings. The van der Waals surface area contributed by atoms with Crippen LogP contribution < -0.4 is 15.5 Å². The highest BCUT2D eigenvalue weighted by Gasteiger charge is 2.11. The van der Waals surface area contributed by atoms with Gasteiger partial charge in [0.2, 0.25) is 5.43 Å². The van der Waals surface area contributed by atoms with E-state index < -0.39 is 0 Å². The van der Waals surface area contributed by atoms with Gasteiger partial charge in [0.15, 0.2) is 12.4 Å². The van der Waals surface area contributed by atoms with Crippen LogP contribution >= 0.6 is 11.6 Å². The third-order valence-electron chi connectivity index (χ3n) is 4.09. The van der Waals surface area contributed by atoms with Gasteiger partial charge in [-0.25, -0.2) is 0 Å². The van der Waals surface area contributed by atoms with Gasteiger partial charge in [0, 0.05) is 30.4 Å². The number of amides is 1. The Morgan fingerprint density at radius 2 is 1.92 bits per heavy atom. The van der Waals surface area contributed by atoms with Crippen LogP contribution in [0.5, 0.6) is 5.75 Å². The van der Waals surface area contributed by atoms with Gasteiger partial charge in [-0.05, 0) is 37.0 Å². The smallest absolute Gasteiger partial charge is 0.258 e. The van der Waals surface area contributed by atoms with Gasteiger partial charge in [0.25, 0.3) is 5.91 Å². The molecule has 5 nitrogen and oxygen atoms in total. The molecule has 0 aliphatic carbocycles. The number of nitrogens with one attached hydrogen (secondary N) is 1. The summed E-state index contributed by atoms with van der Waals surface area (Å²) in [6.07, 6.45) is 2.78. The monoisotopic (exact) mass is 376 g/mol. The maximum atomic E-state index is 12.1. The van der Waals surface area contributed by atoms with Crippen molar-refractivity contribution in [3.63, 3.8) is 0 Å². The van der Waals surface area contributed by atoms with Crippen molar-refractivity contribution < 1.29 is 9.53 Å². The van der Waals surface area contributed by atoms with E-state index in [1.165, 1.54) is 6.07 Å². The van der Waals surface area contributed by atoms with Crippen LogP contribution in [0.15, 0.2) is 41.3 Å². The lowest BCUT2D eigenvalue weighted by Crippen LogP contribution is -2.29. The Kier molecular flexibility index (Phi) is 7.27. The van der Waals surface area contributed by atoms with Gasteiger partial charge < -0.3 is 14.6 Å². The van der Waals surface area contributed by atoms with Crippen molar-refractivity contribution in [3.05, 3.63) is 63.0 Å². The van der Waals surface area contributed by atoms with E-state index in [2.05, 4.69) is 19.2 Å². The molecule has 0 radical (unpaired) electrons. The summed E-state index contributed by atoms with van der Waals surface area (Å²) >= 11 is 5.84. The highest BCUT2D eigenvalue weighted by Crippen LogP contribution is 2.14. The third-order valence-corrected chi connectivity index (χ3v) is 4.34. The average molecular weight is 377 g/mol. The molecule has 2 rings (SSSR count). The van der Waals surface area contributed by atoms with Gasteiger partial charge in [0.05, 0.1) is 5.69 Å². The topological polar surface area (TPSA) is 60.3 Å². The van der Waals surface area contributed by atoms with E-state index in [1.54, 1.807) is 18.3 Å². The molecule has 0 bridgehead atoms. The number of aromatic nitrogens is 1. The van der Waals surface area contributed by atoms with Crippen LogP contribution in [0.4, 0.5) is 0 Å². The fourth-order valence-corrected chi connectivity index (χ4v) is 2.59. The first kappa shape index (κ1) is 20.0. The molecule has 0 saturated carbocycles. The summed E-state index contributed by atoms with van der Waals surface area (Å²) in [7, 11) is 0. The van der Waals surface area contributed by atoms with E-state index in [0.29, 0.717) is 17.5 Å². The second-order valence-corrected chi connectivity index (χ2v) is 7.10. The fourth-order valence-electron chi connectivity index (χ4n) is 2.46. The Labute approximate surface area is 158 Å². The number of halogens is 1. The Hall–Kier alpha value is -2.27. The summed E-state index contributed by atoms with van der Waals surface area (Å²) in [4.78, 5) is 24.1. The van der Waals surface area contributed by atoms with E-state index >= 15 is 0 Å². The zero-order chi connectivity index (χ0) is 19.1. The number of carbonyl (C=O) groups excluding carboxylic acids is 1. The molecule has 26 heavy (non-hydrogen) atoms. The average Bonchev–Trinajstić information content (AvgIpc) is 2.60. The maximum absolute atomic E-state index is 12.1. The first-order valence-corrected chi connectivity index (χ1v) is 9.08. The maximum Gasteiger partial charge on any atom is 0.258 e. The molecule has 2 aromatic rings. The first-order valence-electron chi connectivity index (χ1n) is 8.71. The van der Waals surface area contributed by atoms with Gasteiger partial charge >= 0.3 is 0 Å². The number of pyridine rings is 1. The second kappa shape index (κ2) is 9.43. The third kappa shape index (κ3) is 5.92. The van der Waals surface area contributed by atoms with E-state index in [-0.39, 0.29) is 23.7 Å². The lowest BCUT2D eigenvalue weighted by molar-refractivity contribution is -0.123. The minimum atomic E-state index is -0.281. The number of hydrogen-bond acceptors (Lipinski definition) is 3. The second-order valence-electron chi connectivity index (χ2n) is 6.66. The molecule has 0 unspecified atom stereocenters. The van der Waals surface area contributed by atoms with E-state index in [0.717, 1.165) is 24.2 Å². The highest BCUT2D eigenvalue weighted by atomic mass is 35.5. The standard InChI is InChI=1S/C20H25ClN2O3/c1-14(2)8-10-23-11-9-18(24)20(15(23)3)26-13-19(25)22-12-16-4-6-17(21)7-5-16/h4-7,9,11,14H,8,10,12-13H2,1-3H3,(H,22,25). The van der Waals surface area contributed by atoms with Crippen LogP contribution in [0.25, 0.3) is 0 Å². The molecule has 0 saturated heterocycles.